The number of nitrogens with zero attached hydrogens (tertiary/aromatic N) is 4. The van der Waals surface area contributed by atoms with Crippen LogP contribution in [-0.4, -0.2) is 64.4 Å². The first-order chi connectivity index (χ1) is 14.3. The number of aromatic nitrogens is 3. The lowest BCUT2D eigenvalue weighted by atomic mass is 9.96. The first kappa shape index (κ1) is 20.7. The third-order valence-electron chi connectivity index (χ3n) is 5.84. The van der Waals surface area contributed by atoms with Gasteiger partial charge in [0.1, 0.15) is 5.82 Å². The van der Waals surface area contributed by atoms with Crippen LogP contribution in [0.2, 0.25) is 0 Å². The predicted molar refractivity (Wildman–Crippen MR) is 111 cm³/mol. The molecule has 2 aromatic rings. The fraction of sp³-hybridized carbons (Fsp3) is 0.500. The number of hydrogen-bond donors (Lipinski definition) is 1. The third kappa shape index (κ3) is 4.29. The summed E-state index contributed by atoms with van der Waals surface area (Å²) in [6.07, 6.45) is 7.09. The molecule has 2 aromatic heterocycles. The Labute approximate surface area is 175 Å². The van der Waals surface area contributed by atoms with E-state index in [0.29, 0.717) is 44.0 Å². The second-order valence-corrected chi connectivity index (χ2v) is 9.87. The molecule has 4 heterocycles. The van der Waals surface area contributed by atoms with Crippen LogP contribution in [0, 0.1) is 5.92 Å². The van der Waals surface area contributed by atoms with Gasteiger partial charge in [0.25, 0.3) is 5.56 Å². The Balaban J connectivity index is 1.54. The van der Waals surface area contributed by atoms with E-state index >= 15 is 0 Å². The van der Waals surface area contributed by atoms with Crippen LogP contribution in [0.15, 0.2) is 35.4 Å². The van der Waals surface area contributed by atoms with E-state index in [1.54, 1.807) is 23.4 Å². The molecule has 30 heavy (non-hydrogen) atoms. The van der Waals surface area contributed by atoms with Gasteiger partial charge in [-0.1, -0.05) is 0 Å². The summed E-state index contributed by atoms with van der Waals surface area (Å²) in [6.45, 7) is 1.33. The Kier molecular flexibility index (Phi) is 5.70. The molecule has 1 N–H and O–H groups in total. The lowest BCUT2D eigenvalue weighted by molar-refractivity contribution is -0.137. The number of likely N-dealkylation sites (tertiary alicyclic amines) is 1. The van der Waals surface area contributed by atoms with Gasteiger partial charge in [-0.3, -0.25) is 14.6 Å². The number of carbonyl (C=O) groups excluding carboxylic acids is 1. The van der Waals surface area contributed by atoms with Gasteiger partial charge in [-0.05, 0) is 37.8 Å². The van der Waals surface area contributed by atoms with Crippen molar-refractivity contribution in [2.24, 2.45) is 5.92 Å². The average molecular weight is 432 g/mol. The molecule has 4 rings (SSSR count). The maximum atomic E-state index is 13.2. The molecule has 0 aromatic carbocycles. The summed E-state index contributed by atoms with van der Waals surface area (Å²) in [6, 6.07) is 4.77. The summed E-state index contributed by atoms with van der Waals surface area (Å²) in [5, 5.41) is 0. The van der Waals surface area contributed by atoms with Crippen molar-refractivity contribution in [3.8, 4) is 11.3 Å². The Morgan fingerprint density at radius 2 is 1.97 bits per heavy atom. The van der Waals surface area contributed by atoms with E-state index in [4.69, 9.17) is 0 Å². The van der Waals surface area contributed by atoms with Gasteiger partial charge in [0.2, 0.25) is 15.9 Å². The highest BCUT2D eigenvalue weighted by atomic mass is 32.2. The molecule has 9 nitrogen and oxygen atoms in total. The van der Waals surface area contributed by atoms with E-state index in [1.165, 1.54) is 16.6 Å². The summed E-state index contributed by atoms with van der Waals surface area (Å²) in [7, 11) is -3.23. The van der Waals surface area contributed by atoms with Gasteiger partial charge in [-0.15, -0.1) is 0 Å². The number of rotatable bonds is 4. The molecule has 0 radical (unpaired) electrons. The number of sulfonamides is 1. The Morgan fingerprint density at radius 3 is 2.63 bits per heavy atom. The minimum Gasteiger partial charge on any atom is -0.332 e. The molecule has 0 bridgehead atoms. The monoisotopic (exact) mass is 431 g/mol. The van der Waals surface area contributed by atoms with Gasteiger partial charge in [-0.2, -0.15) is 0 Å². The van der Waals surface area contributed by atoms with Crippen LogP contribution in [0.25, 0.3) is 11.3 Å². The number of nitrogens with one attached hydrogen (secondary N) is 1. The molecule has 0 spiro atoms. The van der Waals surface area contributed by atoms with Gasteiger partial charge in [-0.25, -0.2) is 17.7 Å². The molecule has 1 atom stereocenters. The van der Waals surface area contributed by atoms with E-state index in [0.717, 1.165) is 18.4 Å². The summed E-state index contributed by atoms with van der Waals surface area (Å²) in [5.74, 6) is 0.290. The molecule has 1 amide bonds. The summed E-state index contributed by atoms with van der Waals surface area (Å²) >= 11 is 0. The van der Waals surface area contributed by atoms with Crippen molar-refractivity contribution in [3.63, 3.8) is 0 Å². The predicted octanol–water partition coefficient (Wildman–Crippen LogP) is 1.17. The number of carbonyl (C=O) groups is 1. The SMILES string of the molecule is CS(=O)(=O)N1CCC(C(=O)N2CCCC2c2nc(-c3cccnc3)cc(=O)[nH]2)CC1. The molecule has 2 fully saturated rings. The second-order valence-electron chi connectivity index (χ2n) is 7.88. The van der Waals surface area contributed by atoms with Crippen LogP contribution in [0.4, 0.5) is 0 Å². The molecule has 10 heteroatoms. The van der Waals surface area contributed by atoms with Crippen LogP contribution >= 0.6 is 0 Å². The molecular weight excluding hydrogens is 406 g/mol. The van der Waals surface area contributed by atoms with E-state index in [1.807, 2.05) is 6.07 Å². The topological polar surface area (TPSA) is 116 Å². The fourth-order valence-corrected chi connectivity index (χ4v) is 5.15. The van der Waals surface area contributed by atoms with Crippen molar-refractivity contribution in [1.82, 2.24) is 24.2 Å². The number of hydrogen-bond acceptors (Lipinski definition) is 6. The Hall–Kier alpha value is -2.59. The van der Waals surface area contributed by atoms with Gasteiger partial charge in [0.15, 0.2) is 0 Å². The smallest absolute Gasteiger partial charge is 0.251 e. The van der Waals surface area contributed by atoms with Crippen LogP contribution in [0.3, 0.4) is 0 Å². The maximum Gasteiger partial charge on any atom is 0.251 e. The number of piperidine rings is 1. The first-order valence-corrected chi connectivity index (χ1v) is 11.9. The quantitative estimate of drug-likeness (QED) is 0.777. The highest BCUT2D eigenvalue weighted by Crippen LogP contribution is 2.33. The highest BCUT2D eigenvalue weighted by molar-refractivity contribution is 7.88. The molecule has 2 saturated heterocycles. The minimum atomic E-state index is -3.23. The normalized spacial score (nSPS) is 21.1. The van der Waals surface area contributed by atoms with E-state index in [9.17, 15) is 18.0 Å². The molecule has 0 aliphatic carbocycles. The van der Waals surface area contributed by atoms with Crippen LogP contribution < -0.4 is 5.56 Å². The van der Waals surface area contributed by atoms with Crippen molar-refractivity contribution < 1.29 is 13.2 Å². The van der Waals surface area contributed by atoms with Gasteiger partial charge < -0.3 is 9.88 Å². The lowest BCUT2D eigenvalue weighted by Gasteiger charge is -2.33. The zero-order chi connectivity index (χ0) is 21.3. The van der Waals surface area contributed by atoms with E-state index in [-0.39, 0.29) is 23.4 Å². The van der Waals surface area contributed by atoms with Gasteiger partial charge in [0, 0.05) is 49.6 Å². The minimum absolute atomic E-state index is 0.0140. The first-order valence-electron chi connectivity index (χ1n) is 10.1. The third-order valence-corrected chi connectivity index (χ3v) is 7.14. The number of amides is 1. The Morgan fingerprint density at radius 1 is 1.20 bits per heavy atom. The van der Waals surface area contributed by atoms with Crippen molar-refractivity contribution >= 4 is 15.9 Å². The molecule has 0 saturated carbocycles. The van der Waals surface area contributed by atoms with Crippen molar-refractivity contribution in [2.45, 2.75) is 31.7 Å². The Bertz CT molecular complexity index is 1080. The number of aromatic amines is 1. The van der Waals surface area contributed by atoms with Gasteiger partial charge in [0.05, 0.1) is 18.0 Å². The second kappa shape index (κ2) is 8.27. The summed E-state index contributed by atoms with van der Waals surface area (Å²) < 4.78 is 24.9. The van der Waals surface area contributed by atoms with Crippen molar-refractivity contribution in [1.29, 1.82) is 0 Å². The molecule has 2 aliphatic heterocycles. The van der Waals surface area contributed by atoms with Gasteiger partial charge >= 0.3 is 0 Å². The van der Waals surface area contributed by atoms with E-state index < -0.39 is 10.0 Å². The zero-order valence-corrected chi connectivity index (χ0v) is 17.6. The number of H-pyrrole nitrogens is 1. The lowest BCUT2D eigenvalue weighted by Crippen LogP contribution is -2.44. The molecule has 160 valence electrons. The molecule has 1 unspecified atom stereocenters. The van der Waals surface area contributed by atoms with E-state index in [2.05, 4.69) is 15.0 Å². The largest absolute Gasteiger partial charge is 0.332 e. The molecular formula is C20H25N5O4S. The van der Waals surface area contributed by atoms with Crippen molar-refractivity contribution in [3.05, 3.63) is 46.8 Å². The highest BCUT2D eigenvalue weighted by Gasteiger charge is 2.37. The summed E-state index contributed by atoms with van der Waals surface area (Å²) in [4.78, 5) is 38.8. The van der Waals surface area contributed by atoms with Crippen LogP contribution in [-0.2, 0) is 14.8 Å². The standard InChI is InChI=1S/C20H25N5O4S/c1-30(28,29)24-10-6-14(7-11-24)20(27)25-9-3-5-17(25)19-22-16(12-18(26)23-19)15-4-2-8-21-13-15/h2,4,8,12-14,17H,3,5-7,9-11H2,1H3,(H,22,23,26). The summed E-state index contributed by atoms with van der Waals surface area (Å²) in [5.41, 5.74) is 1.01. The van der Waals surface area contributed by atoms with Crippen LogP contribution in [0.5, 0.6) is 0 Å². The average Bonchev–Trinajstić information content (AvgIpc) is 3.23. The fourth-order valence-electron chi connectivity index (χ4n) is 4.28. The van der Waals surface area contributed by atoms with Crippen molar-refractivity contribution in [2.75, 3.05) is 25.9 Å². The molecule has 2 aliphatic rings. The zero-order valence-electron chi connectivity index (χ0n) is 16.8. The maximum absolute atomic E-state index is 13.2. The van der Waals surface area contributed by atoms with Crippen LogP contribution in [0.1, 0.15) is 37.5 Å². The number of pyridine rings is 1.